The largest absolute Gasteiger partial charge is 1.00 e. The van der Waals surface area contributed by atoms with Crippen molar-refractivity contribution in [3.05, 3.63) is 72.3 Å². The quantitative estimate of drug-likeness (QED) is 0.105. The van der Waals surface area contributed by atoms with Gasteiger partial charge < -0.3 is 29.6 Å². The number of esters is 1. The molecule has 4 nitrogen and oxygen atoms in total. The second-order valence-corrected chi connectivity index (χ2v) is 10.1. The molecular formula is C32H50Cl2N2O2. The van der Waals surface area contributed by atoms with E-state index in [9.17, 15) is 4.79 Å². The van der Waals surface area contributed by atoms with Crippen molar-refractivity contribution in [3.8, 4) is 0 Å². The summed E-state index contributed by atoms with van der Waals surface area (Å²) >= 11 is 0. The van der Waals surface area contributed by atoms with E-state index in [1.807, 2.05) is 18.2 Å². The van der Waals surface area contributed by atoms with Crippen LogP contribution in [-0.4, -0.2) is 12.6 Å². The third kappa shape index (κ3) is 14.9. The number of rotatable bonds is 20. The van der Waals surface area contributed by atoms with Gasteiger partial charge in [0.05, 0.1) is 16.0 Å². The molecule has 0 N–H and O–H groups in total. The summed E-state index contributed by atoms with van der Waals surface area (Å²) in [5, 5.41) is 0. The molecule has 0 fully saturated rings. The van der Waals surface area contributed by atoms with Gasteiger partial charge in [-0.3, -0.25) is 0 Å². The number of hydrogen-bond donors (Lipinski definition) is 0. The van der Waals surface area contributed by atoms with E-state index in [1.54, 1.807) is 6.92 Å². The number of halogens is 2. The fourth-order valence-electron chi connectivity index (χ4n) is 4.69. The maximum Gasteiger partial charge on any atom is 0.333 e. The van der Waals surface area contributed by atoms with E-state index in [-0.39, 0.29) is 30.8 Å². The molecule has 2 heterocycles. The molecule has 6 heteroatoms. The van der Waals surface area contributed by atoms with E-state index >= 15 is 0 Å². The Morgan fingerprint density at radius 1 is 0.737 bits per heavy atom. The topological polar surface area (TPSA) is 34.1 Å². The summed E-state index contributed by atoms with van der Waals surface area (Å²) < 4.78 is 9.71. The minimum Gasteiger partial charge on any atom is -1.00 e. The smallest absolute Gasteiger partial charge is 0.333 e. The molecule has 0 saturated carbocycles. The minimum absolute atomic E-state index is 0. The molecule has 2 aromatic rings. The van der Waals surface area contributed by atoms with Crippen molar-refractivity contribution in [1.29, 1.82) is 0 Å². The van der Waals surface area contributed by atoms with Crippen LogP contribution >= 0.6 is 0 Å². The van der Waals surface area contributed by atoms with E-state index in [4.69, 9.17) is 4.74 Å². The summed E-state index contributed by atoms with van der Waals surface area (Å²) in [6, 6.07) is 10.4. The van der Waals surface area contributed by atoms with Crippen molar-refractivity contribution in [1.82, 2.24) is 0 Å². The highest BCUT2D eigenvalue weighted by molar-refractivity contribution is 5.86. The predicted octanol–water partition coefficient (Wildman–Crippen LogP) is 1.27. The first-order valence-electron chi connectivity index (χ1n) is 14.5. The molecule has 0 amide bonds. The fourth-order valence-corrected chi connectivity index (χ4v) is 4.69. The fraction of sp³-hybridized carbons (Fsp3) is 0.594. The summed E-state index contributed by atoms with van der Waals surface area (Å²) in [7, 11) is 0. The van der Waals surface area contributed by atoms with Gasteiger partial charge >= 0.3 is 5.97 Å². The van der Waals surface area contributed by atoms with E-state index in [0.29, 0.717) is 18.6 Å². The Kier molecular flexibility index (Phi) is 21.9. The molecule has 214 valence electrons. The predicted molar refractivity (Wildman–Crippen MR) is 148 cm³/mol. The highest BCUT2D eigenvalue weighted by atomic mass is 35.5. The molecule has 0 aromatic carbocycles. The monoisotopic (exact) mass is 564 g/mol. The van der Waals surface area contributed by atoms with Gasteiger partial charge in [-0.1, -0.05) is 97.0 Å². The third-order valence-electron chi connectivity index (χ3n) is 6.84. The normalized spacial score (nSPS) is 10.4. The average molecular weight is 566 g/mol. The van der Waals surface area contributed by atoms with Crippen LogP contribution in [0.4, 0.5) is 0 Å². The number of carbonyl (C=O) groups excluding carboxylic acids is 1. The van der Waals surface area contributed by atoms with Crippen molar-refractivity contribution >= 4 is 5.97 Å². The van der Waals surface area contributed by atoms with Crippen LogP contribution in [0.25, 0.3) is 0 Å². The average Bonchev–Trinajstić information content (AvgIpc) is 2.89. The lowest BCUT2D eigenvalue weighted by Crippen LogP contribution is -3.00. The van der Waals surface area contributed by atoms with Crippen molar-refractivity contribution in [3.63, 3.8) is 0 Å². The molecule has 2 aromatic heterocycles. The standard InChI is InChI=1S/C32H50N2O2.2ClH/c1-4-5-6-7-8-9-10-11-12-13-14-15-16-18-23-31-30(24-28-36-32(35)29(2)3)22-21-27-34(31)33-25-19-17-20-26-33;;/h17,19-22,25-27H,2,4-16,18,23-24,28H2,1,3H3;2*1H/q+2;;/p-2. The highest BCUT2D eigenvalue weighted by Crippen LogP contribution is 2.15. The van der Waals surface area contributed by atoms with Crippen LogP contribution < -0.4 is 34.2 Å². The molecule has 0 aliphatic heterocycles. The third-order valence-corrected chi connectivity index (χ3v) is 6.84. The first kappa shape index (κ1) is 36.1. The lowest BCUT2D eigenvalue weighted by molar-refractivity contribution is -1.30. The molecule has 0 bridgehead atoms. The summed E-state index contributed by atoms with van der Waals surface area (Å²) in [6.07, 6.45) is 27.1. The van der Waals surface area contributed by atoms with Gasteiger partial charge in [-0.25, -0.2) is 4.79 Å². The van der Waals surface area contributed by atoms with Gasteiger partial charge in [0, 0.05) is 42.2 Å². The lowest BCUT2D eigenvalue weighted by atomic mass is 10.0. The van der Waals surface area contributed by atoms with E-state index in [0.717, 1.165) is 6.42 Å². The molecule has 38 heavy (non-hydrogen) atoms. The molecule has 0 aliphatic carbocycles. The van der Waals surface area contributed by atoms with Crippen LogP contribution in [0, 0.1) is 0 Å². The molecule has 0 radical (unpaired) electrons. The molecule has 0 unspecified atom stereocenters. The Labute approximate surface area is 244 Å². The molecule has 0 aliphatic rings. The first-order chi connectivity index (χ1) is 17.6. The van der Waals surface area contributed by atoms with Gasteiger partial charge in [0.2, 0.25) is 18.6 Å². The minimum atomic E-state index is -0.315. The van der Waals surface area contributed by atoms with Crippen molar-refractivity contribution in [2.45, 2.75) is 117 Å². The zero-order chi connectivity index (χ0) is 25.8. The Morgan fingerprint density at radius 2 is 1.26 bits per heavy atom. The molecule has 0 saturated heterocycles. The van der Waals surface area contributed by atoms with Gasteiger partial charge in [0.25, 0.3) is 5.69 Å². The summed E-state index contributed by atoms with van der Waals surface area (Å²) in [5.41, 5.74) is 2.97. The number of unbranched alkanes of at least 4 members (excludes halogenated alkanes) is 13. The van der Waals surface area contributed by atoms with Crippen LogP contribution in [-0.2, 0) is 22.4 Å². The van der Waals surface area contributed by atoms with Gasteiger partial charge in [-0.15, -0.1) is 0 Å². The molecule has 0 spiro atoms. The zero-order valence-corrected chi connectivity index (χ0v) is 25.3. The number of nitrogens with zero attached hydrogens (tertiary/aromatic N) is 2. The second kappa shape index (κ2) is 23.0. The SMILES string of the molecule is C=C(C)C(=O)OCCc1ccc[n+](-[n+]2ccccc2)c1CCCCCCCCCCCCCCCC.[Cl-].[Cl-]. The maximum absolute atomic E-state index is 11.8. The van der Waals surface area contributed by atoms with E-state index in [2.05, 4.69) is 53.6 Å². The number of hydrogen-bond acceptors (Lipinski definition) is 2. The molecule has 0 atom stereocenters. The summed E-state index contributed by atoms with van der Waals surface area (Å²) in [5.74, 6) is -0.315. The van der Waals surface area contributed by atoms with Gasteiger partial charge in [-0.2, -0.15) is 0 Å². The van der Waals surface area contributed by atoms with Gasteiger partial charge in [0.15, 0.2) is 0 Å². The Bertz CT molecular complexity index is 890. The number of pyridine rings is 2. The van der Waals surface area contributed by atoms with E-state index in [1.165, 1.54) is 101 Å². The number of carbonyl (C=O) groups is 1. The van der Waals surface area contributed by atoms with Crippen LogP contribution in [0.15, 0.2) is 61.1 Å². The van der Waals surface area contributed by atoms with Crippen molar-refractivity contribution in [2.75, 3.05) is 6.61 Å². The van der Waals surface area contributed by atoms with Crippen LogP contribution in [0.3, 0.4) is 0 Å². The second-order valence-electron chi connectivity index (χ2n) is 10.1. The zero-order valence-electron chi connectivity index (χ0n) is 23.8. The van der Waals surface area contributed by atoms with Gasteiger partial charge in [-0.05, 0) is 25.5 Å². The van der Waals surface area contributed by atoms with Crippen LogP contribution in [0.1, 0.15) is 115 Å². The summed E-state index contributed by atoms with van der Waals surface area (Å²) in [6.45, 7) is 8.02. The van der Waals surface area contributed by atoms with Gasteiger partial charge in [0.1, 0.15) is 0 Å². The lowest BCUT2D eigenvalue weighted by Gasteiger charge is -2.07. The maximum atomic E-state index is 11.8. The molecular weight excluding hydrogens is 515 g/mol. The number of ether oxygens (including phenoxy) is 1. The Balaban J connectivity index is 0.00000684. The Morgan fingerprint density at radius 3 is 1.79 bits per heavy atom. The van der Waals surface area contributed by atoms with Crippen molar-refractivity contribution < 1.29 is 43.7 Å². The van der Waals surface area contributed by atoms with Crippen LogP contribution in [0.5, 0.6) is 0 Å². The summed E-state index contributed by atoms with van der Waals surface area (Å²) in [4.78, 5) is 11.8. The van der Waals surface area contributed by atoms with Crippen molar-refractivity contribution in [2.24, 2.45) is 0 Å². The Hall–Kier alpha value is -1.91. The van der Waals surface area contributed by atoms with Crippen LogP contribution in [0.2, 0.25) is 0 Å². The molecule has 2 rings (SSSR count). The number of aromatic nitrogens is 2. The highest BCUT2D eigenvalue weighted by Gasteiger charge is 2.23. The van der Waals surface area contributed by atoms with E-state index < -0.39 is 0 Å². The first-order valence-corrected chi connectivity index (χ1v) is 14.5.